The highest BCUT2D eigenvalue weighted by atomic mass is 16.3. The minimum absolute atomic E-state index is 0.130. The van der Waals surface area contributed by atoms with Gasteiger partial charge in [0.05, 0.1) is 6.61 Å². The highest BCUT2D eigenvalue weighted by molar-refractivity contribution is 5.06. The molecular weight excluding hydrogens is 188 g/mol. The Morgan fingerprint density at radius 3 is 2.47 bits per heavy atom. The lowest BCUT2D eigenvalue weighted by Crippen LogP contribution is -2.13. The normalized spacial score (nSPS) is 13.8. The lowest BCUT2D eigenvalue weighted by Gasteiger charge is -2.15. The van der Waals surface area contributed by atoms with E-state index in [2.05, 4.69) is 37.7 Å². The Morgan fingerprint density at radius 1 is 1.33 bits per heavy atom. The van der Waals surface area contributed by atoms with E-state index >= 15 is 0 Å². The van der Waals surface area contributed by atoms with Crippen molar-refractivity contribution >= 4 is 0 Å². The molecule has 0 spiro atoms. The quantitative estimate of drug-likeness (QED) is 0.783. The molecule has 0 radical (unpaired) electrons. The first kappa shape index (κ1) is 12.2. The molecule has 1 aromatic heterocycles. The Balaban J connectivity index is 2.73. The van der Waals surface area contributed by atoms with Gasteiger partial charge in [-0.2, -0.15) is 0 Å². The maximum Gasteiger partial charge on any atom is 0.111 e. The molecule has 0 aliphatic carbocycles. The van der Waals surface area contributed by atoms with E-state index in [9.17, 15) is 5.11 Å². The number of hydrogen-bond acceptors (Lipinski definition) is 2. The van der Waals surface area contributed by atoms with E-state index in [4.69, 9.17) is 0 Å². The number of nitrogens with zero attached hydrogens (tertiary/aromatic N) is 1. The molecule has 0 amide bonds. The molecule has 3 heteroatoms. The second kappa shape index (κ2) is 5.31. The fourth-order valence-electron chi connectivity index (χ4n) is 1.72. The van der Waals surface area contributed by atoms with Gasteiger partial charge in [0.25, 0.3) is 0 Å². The molecule has 86 valence electrons. The number of aromatic amines is 1. The van der Waals surface area contributed by atoms with E-state index in [1.165, 1.54) is 5.69 Å². The van der Waals surface area contributed by atoms with Gasteiger partial charge < -0.3 is 10.1 Å². The van der Waals surface area contributed by atoms with Crippen LogP contribution < -0.4 is 0 Å². The van der Waals surface area contributed by atoms with Crippen LogP contribution in [0.15, 0.2) is 6.20 Å². The van der Waals surface area contributed by atoms with E-state index in [1.54, 1.807) is 0 Å². The van der Waals surface area contributed by atoms with Crippen molar-refractivity contribution in [2.75, 3.05) is 6.61 Å². The van der Waals surface area contributed by atoms with Crippen molar-refractivity contribution in [2.24, 2.45) is 11.8 Å². The second-order valence-electron chi connectivity index (χ2n) is 4.92. The van der Waals surface area contributed by atoms with Crippen molar-refractivity contribution in [1.82, 2.24) is 9.97 Å². The standard InChI is InChI=1S/C12H22N2O/c1-8(2)5-10-6-13-12(14-10)11(7-15)9(3)4/h6,8-9,11,15H,5,7H2,1-4H3,(H,13,14). The second-order valence-corrected chi connectivity index (χ2v) is 4.92. The molecule has 15 heavy (non-hydrogen) atoms. The van der Waals surface area contributed by atoms with E-state index in [1.807, 2.05) is 6.20 Å². The fourth-order valence-corrected chi connectivity index (χ4v) is 1.72. The minimum atomic E-state index is 0.130. The molecule has 1 aromatic rings. The van der Waals surface area contributed by atoms with Crippen LogP contribution in [0.25, 0.3) is 0 Å². The third-order valence-electron chi connectivity index (χ3n) is 2.63. The van der Waals surface area contributed by atoms with E-state index in [0.717, 1.165) is 12.2 Å². The van der Waals surface area contributed by atoms with E-state index in [-0.39, 0.29) is 12.5 Å². The first-order valence-corrected chi connectivity index (χ1v) is 5.69. The molecule has 1 unspecified atom stereocenters. The number of rotatable bonds is 5. The first-order chi connectivity index (χ1) is 7.04. The van der Waals surface area contributed by atoms with Gasteiger partial charge in [-0.25, -0.2) is 4.98 Å². The number of aromatic nitrogens is 2. The highest BCUT2D eigenvalue weighted by Gasteiger charge is 2.18. The third kappa shape index (κ3) is 3.34. The van der Waals surface area contributed by atoms with Gasteiger partial charge in [-0.3, -0.25) is 0 Å². The Labute approximate surface area is 91.9 Å². The summed E-state index contributed by atoms with van der Waals surface area (Å²) < 4.78 is 0. The molecule has 0 bridgehead atoms. The smallest absolute Gasteiger partial charge is 0.111 e. The van der Waals surface area contributed by atoms with Crippen molar-refractivity contribution in [2.45, 2.75) is 40.0 Å². The van der Waals surface area contributed by atoms with Crippen molar-refractivity contribution in [1.29, 1.82) is 0 Å². The largest absolute Gasteiger partial charge is 0.396 e. The molecule has 1 heterocycles. The van der Waals surface area contributed by atoms with Crippen LogP contribution in [-0.2, 0) is 6.42 Å². The lowest BCUT2D eigenvalue weighted by molar-refractivity contribution is 0.232. The Hall–Kier alpha value is -0.830. The molecule has 3 nitrogen and oxygen atoms in total. The molecule has 0 saturated heterocycles. The monoisotopic (exact) mass is 210 g/mol. The summed E-state index contributed by atoms with van der Waals surface area (Å²) in [4.78, 5) is 7.65. The number of H-pyrrole nitrogens is 1. The van der Waals surface area contributed by atoms with Crippen LogP contribution >= 0.6 is 0 Å². The van der Waals surface area contributed by atoms with Crippen LogP contribution in [0.4, 0.5) is 0 Å². The van der Waals surface area contributed by atoms with Crippen molar-refractivity contribution in [3.63, 3.8) is 0 Å². The summed E-state index contributed by atoms with van der Waals surface area (Å²) in [5, 5.41) is 9.28. The highest BCUT2D eigenvalue weighted by Crippen LogP contribution is 2.21. The Bertz CT molecular complexity index is 292. The number of nitrogens with one attached hydrogen (secondary N) is 1. The van der Waals surface area contributed by atoms with Gasteiger partial charge in [-0.05, 0) is 18.3 Å². The first-order valence-electron chi connectivity index (χ1n) is 5.69. The van der Waals surface area contributed by atoms with Crippen molar-refractivity contribution in [3.8, 4) is 0 Å². The average Bonchev–Trinajstić information content (AvgIpc) is 2.52. The van der Waals surface area contributed by atoms with Crippen LogP contribution in [0.5, 0.6) is 0 Å². The summed E-state index contributed by atoms with van der Waals surface area (Å²) in [5.41, 5.74) is 1.17. The molecule has 0 aliphatic rings. The molecule has 0 saturated carbocycles. The van der Waals surface area contributed by atoms with Gasteiger partial charge in [0, 0.05) is 17.8 Å². The van der Waals surface area contributed by atoms with Crippen molar-refractivity contribution < 1.29 is 5.11 Å². The maximum absolute atomic E-state index is 9.28. The summed E-state index contributed by atoms with van der Waals surface area (Å²) in [7, 11) is 0. The average molecular weight is 210 g/mol. The van der Waals surface area contributed by atoms with E-state index in [0.29, 0.717) is 11.8 Å². The van der Waals surface area contributed by atoms with Gasteiger partial charge >= 0.3 is 0 Å². The number of hydrogen-bond donors (Lipinski definition) is 2. The number of aliphatic hydroxyl groups is 1. The van der Waals surface area contributed by atoms with Gasteiger partial charge in [0.15, 0.2) is 0 Å². The lowest BCUT2D eigenvalue weighted by atomic mass is 9.96. The fraction of sp³-hybridized carbons (Fsp3) is 0.750. The molecule has 0 aliphatic heterocycles. The molecule has 1 atom stereocenters. The predicted molar refractivity (Wildman–Crippen MR) is 61.8 cm³/mol. The van der Waals surface area contributed by atoms with Crippen LogP contribution in [0.3, 0.4) is 0 Å². The molecular formula is C12H22N2O. The zero-order valence-corrected chi connectivity index (χ0v) is 10.1. The molecule has 0 aromatic carbocycles. The predicted octanol–water partition coefficient (Wildman–Crippen LogP) is 2.34. The van der Waals surface area contributed by atoms with E-state index < -0.39 is 0 Å². The molecule has 2 N–H and O–H groups in total. The van der Waals surface area contributed by atoms with Crippen LogP contribution in [0.2, 0.25) is 0 Å². The zero-order chi connectivity index (χ0) is 11.4. The SMILES string of the molecule is CC(C)Cc1cnc(C(CO)C(C)C)[nH]1. The zero-order valence-electron chi connectivity index (χ0n) is 10.1. The van der Waals surface area contributed by atoms with Gasteiger partial charge in [-0.15, -0.1) is 0 Å². The molecule has 0 fully saturated rings. The van der Waals surface area contributed by atoms with Crippen LogP contribution in [0.1, 0.15) is 45.1 Å². The third-order valence-corrected chi connectivity index (χ3v) is 2.63. The number of aliphatic hydroxyl groups excluding tert-OH is 1. The van der Waals surface area contributed by atoms with Gasteiger partial charge in [0.2, 0.25) is 0 Å². The van der Waals surface area contributed by atoms with Gasteiger partial charge in [-0.1, -0.05) is 27.7 Å². The summed E-state index contributed by atoms with van der Waals surface area (Å²) in [5.74, 6) is 2.09. The van der Waals surface area contributed by atoms with Gasteiger partial charge in [0.1, 0.15) is 5.82 Å². The summed E-state index contributed by atoms with van der Waals surface area (Å²) in [6.07, 6.45) is 2.91. The minimum Gasteiger partial charge on any atom is -0.396 e. The Morgan fingerprint density at radius 2 is 2.00 bits per heavy atom. The van der Waals surface area contributed by atoms with Crippen molar-refractivity contribution in [3.05, 3.63) is 17.7 Å². The summed E-state index contributed by atoms with van der Waals surface area (Å²) in [6, 6.07) is 0. The number of imidazole rings is 1. The Kier molecular flexibility index (Phi) is 4.33. The summed E-state index contributed by atoms with van der Waals surface area (Å²) >= 11 is 0. The molecule has 1 rings (SSSR count). The summed E-state index contributed by atoms with van der Waals surface area (Å²) in [6.45, 7) is 8.74. The topological polar surface area (TPSA) is 48.9 Å². The van der Waals surface area contributed by atoms with Crippen LogP contribution in [-0.4, -0.2) is 21.7 Å². The van der Waals surface area contributed by atoms with Crippen LogP contribution in [0, 0.1) is 11.8 Å². The maximum atomic E-state index is 9.28.